The van der Waals surface area contributed by atoms with E-state index in [4.69, 9.17) is 10.2 Å². The van der Waals surface area contributed by atoms with Crippen LogP contribution in [0.2, 0.25) is 0 Å². The lowest BCUT2D eigenvalue weighted by Crippen LogP contribution is -2.43. The fraction of sp³-hybridized carbons (Fsp3) is 0.400. The van der Waals surface area contributed by atoms with Crippen molar-refractivity contribution in [2.45, 2.75) is 32.2 Å². The number of aliphatic hydroxyl groups excluding tert-OH is 1. The highest BCUT2D eigenvalue weighted by Gasteiger charge is 2.18. The van der Waals surface area contributed by atoms with Crippen LogP contribution >= 0.6 is 0 Å². The van der Waals surface area contributed by atoms with Gasteiger partial charge in [-0.25, -0.2) is 4.79 Å². The monoisotopic (exact) mass is 308 g/mol. The minimum atomic E-state index is -1.26. The predicted molar refractivity (Wildman–Crippen MR) is 80.3 cm³/mol. The average molecular weight is 308 g/mol. The molecule has 1 atom stereocenters. The molecule has 0 aromatic heterocycles. The molecule has 1 unspecified atom stereocenters. The molecule has 0 spiro atoms. The summed E-state index contributed by atoms with van der Waals surface area (Å²) < 4.78 is 0. The van der Waals surface area contributed by atoms with E-state index in [2.05, 4.69) is 10.6 Å². The summed E-state index contributed by atoms with van der Waals surface area (Å²) in [6.45, 7) is 0.801. The van der Waals surface area contributed by atoms with Gasteiger partial charge in [-0.05, 0) is 30.5 Å². The summed E-state index contributed by atoms with van der Waals surface area (Å²) in [4.78, 5) is 33.1. The Kier molecular flexibility index (Phi) is 7.04. The van der Waals surface area contributed by atoms with Gasteiger partial charge in [0.15, 0.2) is 0 Å². The molecule has 1 aromatic rings. The van der Waals surface area contributed by atoms with Gasteiger partial charge in [-0.3, -0.25) is 9.59 Å². The molecule has 0 fully saturated rings. The lowest BCUT2D eigenvalue weighted by Gasteiger charge is -2.11. The van der Waals surface area contributed by atoms with Crippen molar-refractivity contribution in [3.8, 4) is 0 Å². The van der Waals surface area contributed by atoms with Crippen molar-refractivity contribution < 1.29 is 24.6 Å². The Morgan fingerprint density at radius 1 is 1.18 bits per heavy atom. The quantitative estimate of drug-likeness (QED) is 0.559. The molecule has 1 rings (SSSR count). The number of aliphatic carboxylic acids is 1. The zero-order valence-electron chi connectivity index (χ0n) is 12.3. The predicted octanol–water partition coefficient (Wildman–Crippen LogP) is 0.529. The smallest absolute Gasteiger partial charge is 0.328 e. The number of amides is 2. The fourth-order valence-electron chi connectivity index (χ4n) is 1.86. The first-order valence-electron chi connectivity index (χ1n) is 6.92. The molecule has 2 amide bonds. The van der Waals surface area contributed by atoms with Gasteiger partial charge in [0.25, 0.3) is 0 Å². The molecule has 0 saturated heterocycles. The highest BCUT2D eigenvalue weighted by atomic mass is 16.4. The van der Waals surface area contributed by atoms with E-state index in [-0.39, 0.29) is 12.3 Å². The molecule has 0 aliphatic rings. The van der Waals surface area contributed by atoms with Crippen LogP contribution in [0.5, 0.6) is 0 Å². The van der Waals surface area contributed by atoms with Gasteiger partial charge in [0.1, 0.15) is 6.04 Å². The van der Waals surface area contributed by atoms with Crippen LogP contribution in [0.4, 0.5) is 5.69 Å². The molecule has 0 radical (unpaired) electrons. The van der Waals surface area contributed by atoms with Crippen LogP contribution in [-0.2, 0) is 20.8 Å². The highest BCUT2D eigenvalue weighted by Crippen LogP contribution is 2.11. The van der Waals surface area contributed by atoms with Crippen molar-refractivity contribution >= 4 is 23.5 Å². The second-order valence-electron chi connectivity index (χ2n) is 4.87. The van der Waals surface area contributed by atoms with Gasteiger partial charge < -0.3 is 20.8 Å². The maximum atomic E-state index is 11.5. The van der Waals surface area contributed by atoms with Crippen LogP contribution in [0.1, 0.15) is 25.3 Å². The van der Waals surface area contributed by atoms with Crippen LogP contribution < -0.4 is 10.6 Å². The largest absolute Gasteiger partial charge is 0.480 e. The number of hydrogen-bond acceptors (Lipinski definition) is 4. The van der Waals surface area contributed by atoms with E-state index < -0.39 is 24.5 Å². The van der Waals surface area contributed by atoms with Gasteiger partial charge in [0.2, 0.25) is 11.8 Å². The Labute approximate surface area is 128 Å². The number of aryl methyl sites for hydroxylation is 1. The zero-order valence-corrected chi connectivity index (χ0v) is 12.3. The molecule has 120 valence electrons. The van der Waals surface area contributed by atoms with E-state index in [9.17, 15) is 14.4 Å². The van der Waals surface area contributed by atoms with Gasteiger partial charge in [-0.15, -0.1) is 0 Å². The van der Waals surface area contributed by atoms with E-state index in [1.165, 1.54) is 6.92 Å². The average Bonchev–Trinajstić information content (AvgIpc) is 2.45. The molecule has 1 aromatic carbocycles. The molecule has 0 saturated carbocycles. The third-order valence-corrected chi connectivity index (χ3v) is 2.96. The number of hydrogen-bond donors (Lipinski definition) is 4. The summed E-state index contributed by atoms with van der Waals surface area (Å²) >= 11 is 0. The molecule has 4 N–H and O–H groups in total. The summed E-state index contributed by atoms with van der Waals surface area (Å²) in [5.41, 5.74) is 1.72. The number of rotatable bonds is 8. The number of aliphatic hydroxyl groups is 1. The van der Waals surface area contributed by atoms with Crippen LogP contribution in [0, 0.1) is 0 Å². The molecule has 22 heavy (non-hydrogen) atoms. The number of benzene rings is 1. The molecule has 0 heterocycles. The van der Waals surface area contributed by atoms with Gasteiger partial charge in [-0.2, -0.15) is 0 Å². The Bertz CT molecular complexity index is 527. The third-order valence-electron chi connectivity index (χ3n) is 2.96. The number of carbonyl (C=O) groups excluding carboxylic acids is 2. The molecule has 0 bridgehead atoms. The lowest BCUT2D eigenvalue weighted by atomic mass is 10.1. The van der Waals surface area contributed by atoms with E-state index in [0.717, 1.165) is 5.56 Å². The molecule has 7 heteroatoms. The lowest BCUT2D eigenvalue weighted by molar-refractivity contribution is -0.142. The van der Waals surface area contributed by atoms with Crippen LogP contribution in [0.15, 0.2) is 24.3 Å². The number of carbonyl (C=O) groups is 3. The van der Waals surface area contributed by atoms with Crippen molar-refractivity contribution in [3.05, 3.63) is 29.8 Å². The number of carboxylic acids is 1. The minimum Gasteiger partial charge on any atom is -0.480 e. The van der Waals surface area contributed by atoms with E-state index in [1.807, 2.05) is 12.1 Å². The number of nitrogens with one attached hydrogen (secondary N) is 2. The highest BCUT2D eigenvalue weighted by molar-refractivity contribution is 5.88. The molecule has 0 aliphatic heterocycles. The molecular weight excluding hydrogens is 288 g/mol. The first-order chi connectivity index (χ1) is 10.4. The summed E-state index contributed by atoms with van der Waals surface area (Å²) in [5, 5.41) is 22.4. The van der Waals surface area contributed by atoms with Crippen molar-refractivity contribution in [1.82, 2.24) is 5.32 Å². The first-order valence-corrected chi connectivity index (χ1v) is 6.92. The van der Waals surface area contributed by atoms with Gasteiger partial charge in [-0.1, -0.05) is 12.1 Å². The first kappa shape index (κ1) is 17.6. The van der Waals surface area contributed by atoms with Gasteiger partial charge in [0.05, 0.1) is 6.61 Å². The maximum Gasteiger partial charge on any atom is 0.328 e. The second-order valence-corrected chi connectivity index (χ2v) is 4.87. The van der Waals surface area contributed by atoms with Crippen LogP contribution in [-0.4, -0.2) is 40.6 Å². The van der Waals surface area contributed by atoms with Crippen molar-refractivity contribution in [2.75, 3.05) is 11.9 Å². The zero-order chi connectivity index (χ0) is 16.5. The standard InChI is InChI=1S/C15H20N2O5/c1-10(19)16-12-7-5-11(6-8-12)3-2-4-14(20)17-13(9-18)15(21)22/h5-8,13,18H,2-4,9H2,1H3,(H,16,19)(H,17,20)(H,21,22). The summed E-state index contributed by atoms with van der Waals surface area (Å²) in [6.07, 6.45) is 1.39. The second kappa shape index (κ2) is 8.78. The summed E-state index contributed by atoms with van der Waals surface area (Å²) in [7, 11) is 0. The summed E-state index contributed by atoms with van der Waals surface area (Å²) in [6, 6.07) is 6.02. The van der Waals surface area contributed by atoms with Crippen molar-refractivity contribution in [3.63, 3.8) is 0 Å². The number of anilines is 1. The maximum absolute atomic E-state index is 11.5. The van der Waals surface area contributed by atoms with Crippen molar-refractivity contribution in [2.24, 2.45) is 0 Å². The van der Waals surface area contributed by atoms with Crippen LogP contribution in [0.25, 0.3) is 0 Å². The fourth-order valence-corrected chi connectivity index (χ4v) is 1.86. The van der Waals surface area contributed by atoms with Gasteiger partial charge >= 0.3 is 5.97 Å². The third kappa shape index (κ3) is 6.36. The molecule has 0 aliphatic carbocycles. The van der Waals surface area contributed by atoms with E-state index in [0.29, 0.717) is 18.5 Å². The van der Waals surface area contributed by atoms with Gasteiger partial charge in [0, 0.05) is 19.0 Å². The summed E-state index contributed by atoms with van der Waals surface area (Å²) in [5.74, 6) is -1.80. The Hall–Kier alpha value is -2.41. The SMILES string of the molecule is CC(=O)Nc1ccc(CCCC(=O)NC(CO)C(=O)O)cc1. The topological polar surface area (TPSA) is 116 Å². The van der Waals surface area contributed by atoms with Crippen LogP contribution in [0.3, 0.4) is 0 Å². The Balaban J connectivity index is 2.36. The normalized spacial score (nSPS) is 11.5. The van der Waals surface area contributed by atoms with E-state index >= 15 is 0 Å². The van der Waals surface area contributed by atoms with E-state index in [1.54, 1.807) is 12.1 Å². The Morgan fingerprint density at radius 3 is 2.32 bits per heavy atom. The number of carboxylic acid groups (broad SMARTS) is 1. The molecular formula is C15H20N2O5. The molecule has 7 nitrogen and oxygen atoms in total. The van der Waals surface area contributed by atoms with Crippen molar-refractivity contribution in [1.29, 1.82) is 0 Å². The minimum absolute atomic E-state index is 0.138. The Morgan fingerprint density at radius 2 is 1.82 bits per heavy atom.